The number of nitrogens with one attached hydrogen (secondary N) is 1. The van der Waals surface area contributed by atoms with Gasteiger partial charge in [0.15, 0.2) is 0 Å². The van der Waals surface area contributed by atoms with Crippen molar-refractivity contribution < 1.29 is 4.74 Å². The van der Waals surface area contributed by atoms with Gasteiger partial charge < -0.3 is 15.8 Å². The minimum atomic E-state index is 0.507. The smallest absolute Gasteiger partial charge is 0.236 e. The van der Waals surface area contributed by atoms with E-state index in [2.05, 4.69) is 47.1 Å². The van der Waals surface area contributed by atoms with Crippen molar-refractivity contribution in [3.63, 3.8) is 0 Å². The average molecular weight is 399 g/mol. The Morgan fingerprint density at radius 1 is 1.10 bits per heavy atom. The summed E-state index contributed by atoms with van der Waals surface area (Å²) in [6, 6.07) is 18.7. The Labute approximate surface area is 175 Å². The summed E-state index contributed by atoms with van der Waals surface area (Å²) >= 11 is 0. The highest BCUT2D eigenvalue weighted by molar-refractivity contribution is 5.86. The van der Waals surface area contributed by atoms with Gasteiger partial charge in [0.05, 0.1) is 24.4 Å². The third-order valence-electron chi connectivity index (χ3n) is 5.65. The molecule has 6 nitrogen and oxygen atoms in total. The quantitative estimate of drug-likeness (QED) is 0.533. The lowest BCUT2D eigenvalue weighted by Gasteiger charge is -2.21. The number of benzene rings is 2. The number of anilines is 1. The predicted molar refractivity (Wildman–Crippen MR) is 119 cm³/mol. The summed E-state index contributed by atoms with van der Waals surface area (Å²) in [6.07, 6.45) is 0.789. The first kappa shape index (κ1) is 18.8. The molecule has 0 bridgehead atoms. The Hall–Kier alpha value is -3.22. The fourth-order valence-electron chi connectivity index (χ4n) is 4.11. The molecule has 3 heterocycles. The van der Waals surface area contributed by atoms with Gasteiger partial charge in [-0.1, -0.05) is 42.5 Å². The van der Waals surface area contributed by atoms with E-state index in [4.69, 9.17) is 20.4 Å². The van der Waals surface area contributed by atoms with Crippen LogP contribution < -0.4 is 11.1 Å². The van der Waals surface area contributed by atoms with Gasteiger partial charge >= 0.3 is 0 Å². The third-order valence-corrected chi connectivity index (χ3v) is 5.65. The van der Waals surface area contributed by atoms with Gasteiger partial charge in [0.25, 0.3) is 0 Å². The first-order valence-electron chi connectivity index (χ1n) is 10.3. The van der Waals surface area contributed by atoms with Crippen molar-refractivity contribution in [2.45, 2.75) is 33.0 Å². The monoisotopic (exact) mass is 399 g/mol. The minimum absolute atomic E-state index is 0.507. The molecule has 2 aromatic carbocycles. The average Bonchev–Trinajstić information content (AvgIpc) is 3.13. The Kier molecular flexibility index (Phi) is 4.94. The number of rotatable bonds is 5. The van der Waals surface area contributed by atoms with Crippen LogP contribution in [0.2, 0.25) is 0 Å². The number of hydrogen-bond donors (Lipinski definition) is 2. The van der Waals surface area contributed by atoms with Gasteiger partial charge in [-0.15, -0.1) is 0 Å². The van der Waals surface area contributed by atoms with Crippen molar-refractivity contribution in [3.8, 4) is 5.95 Å². The van der Waals surface area contributed by atoms with Crippen molar-refractivity contribution in [2.24, 2.45) is 5.73 Å². The summed E-state index contributed by atoms with van der Waals surface area (Å²) in [4.78, 5) is 9.88. The SMILES string of the molecule is Cc1cc2c(CN)cccc2n1-c1nc2c(c(NCc3ccccc3)n1)COCC2. The second-order valence-electron chi connectivity index (χ2n) is 7.61. The van der Waals surface area contributed by atoms with E-state index in [1.54, 1.807) is 0 Å². The van der Waals surface area contributed by atoms with Crippen LogP contribution in [0.25, 0.3) is 16.9 Å². The third kappa shape index (κ3) is 3.34. The highest BCUT2D eigenvalue weighted by Gasteiger charge is 2.21. The molecule has 1 aliphatic rings. The van der Waals surface area contributed by atoms with E-state index in [1.165, 1.54) is 5.56 Å². The minimum Gasteiger partial charge on any atom is -0.376 e. The molecule has 0 fully saturated rings. The largest absolute Gasteiger partial charge is 0.376 e. The zero-order valence-corrected chi connectivity index (χ0v) is 17.1. The molecule has 0 spiro atoms. The van der Waals surface area contributed by atoms with E-state index in [-0.39, 0.29) is 0 Å². The lowest BCUT2D eigenvalue weighted by atomic mass is 10.1. The van der Waals surface area contributed by atoms with Crippen molar-refractivity contribution >= 4 is 16.7 Å². The number of fused-ring (bicyclic) bond motifs is 2. The normalized spacial score (nSPS) is 13.4. The van der Waals surface area contributed by atoms with E-state index in [9.17, 15) is 0 Å². The van der Waals surface area contributed by atoms with Crippen LogP contribution in [0.4, 0.5) is 5.82 Å². The summed E-state index contributed by atoms with van der Waals surface area (Å²) < 4.78 is 7.83. The number of ether oxygens (including phenoxy) is 1. The van der Waals surface area contributed by atoms with E-state index in [1.807, 2.05) is 24.3 Å². The van der Waals surface area contributed by atoms with Crippen LogP contribution >= 0.6 is 0 Å². The van der Waals surface area contributed by atoms with Crippen LogP contribution in [-0.2, 0) is 30.9 Å². The zero-order chi connectivity index (χ0) is 20.5. The second kappa shape index (κ2) is 7.89. The molecule has 4 aromatic rings. The molecule has 2 aromatic heterocycles. The van der Waals surface area contributed by atoms with Gasteiger partial charge in [0.2, 0.25) is 5.95 Å². The molecule has 0 atom stereocenters. The number of nitrogens with two attached hydrogens (primary N) is 1. The number of aromatic nitrogens is 3. The molecule has 0 radical (unpaired) electrons. The van der Waals surface area contributed by atoms with E-state index in [0.29, 0.717) is 32.3 Å². The predicted octanol–water partition coefficient (Wildman–Crippen LogP) is 3.87. The Morgan fingerprint density at radius 2 is 1.97 bits per heavy atom. The van der Waals surface area contributed by atoms with Gasteiger partial charge in [-0.2, -0.15) is 4.98 Å². The first-order chi connectivity index (χ1) is 14.7. The van der Waals surface area contributed by atoms with Crippen molar-refractivity contribution in [3.05, 3.63) is 82.7 Å². The standard InChI is InChI=1S/C24H25N5O/c1-16-12-19-18(13-25)8-5-9-22(19)29(16)24-27-21-10-11-30-15-20(21)23(28-24)26-14-17-6-3-2-4-7-17/h2-9,12H,10-11,13-15,25H2,1H3,(H,26,27,28). The highest BCUT2D eigenvalue weighted by Crippen LogP contribution is 2.29. The highest BCUT2D eigenvalue weighted by atomic mass is 16.5. The summed E-state index contributed by atoms with van der Waals surface area (Å²) in [7, 11) is 0. The van der Waals surface area contributed by atoms with Crippen molar-refractivity contribution in [1.29, 1.82) is 0 Å². The molecule has 0 unspecified atom stereocenters. The number of nitrogens with zero attached hydrogens (tertiary/aromatic N) is 3. The van der Waals surface area contributed by atoms with Crippen LogP contribution in [0.1, 0.15) is 28.1 Å². The molecule has 0 saturated carbocycles. The zero-order valence-electron chi connectivity index (χ0n) is 17.1. The van der Waals surface area contributed by atoms with E-state index >= 15 is 0 Å². The molecule has 5 rings (SSSR count). The number of hydrogen-bond acceptors (Lipinski definition) is 5. The van der Waals surface area contributed by atoms with E-state index < -0.39 is 0 Å². The molecule has 0 aliphatic carbocycles. The van der Waals surface area contributed by atoms with Crippen molar-refractivity contribution in [2.75, 3.05) is 11.9 Å². The molecule has 0 saturated heterocycles. The molecule has 6 heteroatoms. The topological polar surface area (TPSA) is 78.0 Å². The lowest BCUT2D eigenvalue weighted by Crippen LogP contribution is -2.19. The maximum Gasteiger partial charge on any atom is 0.236 e. The summed E-state index contributed by atoms with van der Waals surface area (Å²) in [6.45, 7) is 4.52. The molecular formula is C24H25N5O. The summed E-state index contributed by atoms with van der Waals surface area (Å²) in [5.74, 6) is 1.53. The van der Waals surface area contributed by atoms with Gasteiger partial charge in [-0.05, 0) is 30.2 Å². The maximum absolute atomic E-state index is 5.96. The Balaban J connectivity index is 1.61. The van der Waals surface area contributed by atoms with E-state index in [0.717, 1.165) is 45.7 Å². The van der Waals surface area contributed by atoms with Gasteiger partial charge in [0, 0.05) is 36.2 Å². The molecule has 3 N–H and O–H groups in total. The first-order valence-corrected chi connectivity index (χ1v) is 10.3. The molecular weight excluding hydrogens is 374 g/mol. The van der Waals surface area contributed by atoms with Crippen LogP contribution in [0.5, 0.6) is 0 Å². The Morgan fingerprint density at radius 3 is 2.80 bits per heavy atom. The van der Waals surface area contributed by atoms with Gasteiger partial charge in [-0.3, -0.25) is 4.57 Å². The molecule has 152 valence electrons. The van der Waals surface area contributed by atoms with Gasteiger partial charge in [-0.25, -0.2) is 4.98 Å². The van der Waals surface area contributed by atoms with Gasteiger partial charge in [0.1, 0.15) is 5.82 Å². The fourth-order valence-corrected chi connectivity index (χ4v) is 4.11. The molecule has 1 aliphatic heterocycles. The molecule has 30 heavy (non-hydrogen) atoms. The van der Waals surface area contributed by atoms with Crippen molar-refractivity contribution in [1.82, 2.24) is 14.5 Å². The summed E-state index contributed by atoms with van der Waals surface area (Å²) in [5.41, 5.74) is 12.6. The van der Waals surface area contributed by atoms with Crippen LogP contribution in [0, 0.1) is 6.92 Å². The Bertz CT molecular complexity index is 1200. The van der Waals surface area contributed by atoms with Crippen LogP contribution in [0.3, 0.4) is 0 Å². The lowest BCUT2D eigenvalue weighted by molar-refractivity contribution is 0.109. The summed E-state index contributed by atoms with van der Waals surface area (Å²) in [5, 5.41) is 4.67. The maximum atomic E-state index is 5.96. The number of aryl methyl sites for hydroxylation is 1. The molecule has 0 amide bonds. The van der Waals surface area contributed by atoms with Crippen LogP contribution in [-0.4, -0.2) is 21.1 Å². The fraction of sp³-hybridized carbons (Fsp3) is 0.250. The van der Waals surface area contributed by atoms with Crippen LogP contribution in [0.15, 0.2) is 54.6 Å². The second-order valence-corrected chi connectivity index (χ2v) is 7.61.